The summed E-state index contributed by atoms with van der Waals surface area (Å²) < 4.78 is 0. The summed E-state index contributed by atoms with van der Waals surface area (Å²) in [6.45, 7) is 6.45. The molecule has 4 heteroatoms. The van der Waals surface area contributed by atoms with Crippen molar-refractivity contribution in [2.24, 2.45) is 0 Å². The van der Waals surface area contributed by atoms with E-state index < -0.39 is 0 Å². The van der Waals surface area contributed by atoms with E-state index in [0.717, 1.165) is 32.6 Å². The lowest BCUT2D eigenvalue weighted by molar-refractivity contribution is -0.121. The average molecular weight is 227 g/mol. The zero-order chi connectivity index (χ0) is 11.8. The molecule has 0 bridgehead atoms. The first-order valence-corrected chi connectivity index (χ1v) is 6.43. The molecule has 1 rings (SSSR count). The molecule has 0 saturated carbocycles. The smallest absolute Gasteiger partial charge is 0.221 e. The van der Waals surface area contributed by atoms with E-state index in [2.05, 4.69) is 22.5 Å². The second kappa shape index (κ2) is 7.63. The summed E-state index contributed by atoms with van der Waals surface area (Å²) in [4.78, 5) is 13.7. The van der Waals surface area contributed by atoms with Gasteiger partial charge >= 0.3 is 0 Å². The van der Waals surface area contributed by atoms with Gasteiger partial charge in [-0.05, 0) is 38.9 Å². The SMILES string of the molecule is CCCN(CCC(=O)NC)C1CCNCC1. The van der Waals surface area contributed by atoms with Gasteiger partial charge in [0, 0.05) is 26.1 Å². The lowest BCUT2D eigenvalue weighted by Crippen LogP contribution is -2.44. The third kappa shape index (κ3) is 4.49. The second-order valence-corrected chi connectivity index (χ2v) is 4.44. The molecule has 94 valence electrons. The fourth-order valence-electron chi connectivity index (χ4n) is 2.31. The highest BCUT2D eigenvalue weighted by Crippen LogP contribution is 2.12. The summed E-state index contributed by atoms with van der Waals surface area (Å²) in [5.41, 5.74) is 0. The summed E-state index contributed by atoms with van der Waals surface area (Å²) >= 11 is 0. The third-order valence-corrected chi connectivity index (χ3v) is 3.24. The first-order valence-electron chi connectivity index (χ1n) is 6.43. The molecule has 0 aromatic heterocycles. The van der Waals surface area contributed by atoms with Crippen molar-refractivity contribution in [2.75, 3.05) is 33.2 Å². The third-order valence-electron chi connectivity index (χ3n) is 3.24. The van der Waals surface area contributed by atoms with Crippen LogP contribution in [0.2, 0.25) is 0 Å². The molecule has 4 nitrogen and oxygen atoms in total. The molecule has 0 aromatic carbocycles. The summed E-state index contributed by atoms with van der Waals surface area (Å²) in [6.07, 6.45) is 4.22. The van der Waals surface area contributed by atoms with Crippen LogP contribution >= 0.6 is 0 Å². The van der Waals surface area contributed by atoms with E-state index in [-0.39, 0.29) is 5.91 Å². The molecule has 2 N–H and O–H groups in total. The van der Waals surface area contributed by atoms with Crippen LogP contribution in [0.15, 0.2) is 0 Å². The molecule has 0 atom stereocenters. The minimum Gasteiger partial charge on any atom is -0.359 e. The van der Waals surface area contributed by atoms with Crippen molar-refractivity contribution in [1.82, 2.24) is 15.5 Å². The molecule has 1 aliphatic heterocycles. The molecular formula is C12H25N3O. The van der Waals surface area contributed by atoms with Crippen LogP contribution in [-0.2, 0) is 4.79 Å². The van der Waals surface area contributed by atoms with Crippen LogP contribution < -0.4 is 10.6 Å². The van der Waals surface area contributed by atoms with Gasteiger partial charge in [0.25, 0.3) is 0 Å². The van der Waals surface area contributed by atoms with Gasteiger partial charge in [-0.25, -0.2) is 0 Å². The fourth-order valence-corrected chi connectivity index (χ4v) is 2.31. The van der Waals surface area contributed by atoms with E-state index in [1.807, 2.05) is 0 Å². The van der Waals surface area contributed by atoms with Crippen LogP contribution in [0.4, 0.5) is 0 Å². The van der Waals surface area contributed by atoms with Crippen LogP contribution in [0, 0.1) is 0 Å². The quantitative estimate of drug-likeness (QED) is 0.698. The topological polar surface area (TPSA) is 44.4 Å². The molecular weight excluding hydrogens is 202 g/mol. The highest BCUT2D eigenvalue weighted by Gasteiger charge is 2.20. The minimum atomic E-state index is 0.148. The zero-order valence-electron chi connectivity index (χ0n) is 10.6. The molecule has 1 heterocycles. The van der Waals surface area contributed by atoms with Crippen LogP contribution in [-0.4, -0.2) is 50.1 Å². The van der Waals surface area contributed by atoms with Crippen LogP contribution in [0.1, 0.15) is 32.6 Å². The Hall–Kier alpha value is -0.610. The van der Waals surface area contributed by atoms with Crippen molar-refractivity contribution in [3.05, 3.63) is 0 Å². The Morgan fingerprint density at radius 3 is 2.62 bits per heavy atom. The summed E-state index contributed by atoms with van der Waals surface area (Å²) in [5.74, 6) is 0.148. The van der Waals surface area contributed by atoms with Crippen molar-refractivity contribution in [2.45, 2.75) is 38.6 Å². The monoisotopic (exact) mass is 227 g/mol. The zero-order valence-corrected chi connectivity index (χ0v) is 10.6. The van der Waals surface area contributed by atoms with Gasteiger partial charge in [0.1, 0.15) is 0 Å². The first-order chi connectivity index (χ1) is 7.77. The van der Waals surface area contributed by atoms with Gasteiger partial charge in [-0.3, -0.25) is 9.69 Å². The first kappa shape index (κ1) is 13.5. The lowest BCUT2D eigenvalue weighted by atomic mass is 10.0. The molecule has 1 amide bonds. The number of amides is 1. The average Bonchev–Trinajstić information content (AvgIpc) is 2.35. The van der Waals surface area contributed by atoms with Gasteiger partial charge in [-0.1, -0.05) is 6.92 Å². The van der Waals surface area contributed by atoms with Crippen LogP contribution in [0.5, 0.6) is 0 Å². The van der Waals surface area contributed by atoms with Gasteiger partial charge in [-0.2, -0.15) is 0 Å². The van der Waals surface area contributed by atoms with E-state index in [4.69, 9.17) is 0 Å². The number of nitrogens with zero attached hydrogens (tertiary/aromatic N) is 1. The van der Waals surface area contributed by atoms with Gasteiger partial charge in [0.05, 0.1) is 0 Å². The number of carbonyl (C=O) groups excluding carboxylic acids is 1. The van der Waals surface area contributed by atoms with E-state index in [0.29, 0.717) is 12.5 Å². The minimum absolute atomic E-state index is 0.148. The largest absolute Gasteiger partial charge is 0.359 e. The molecule has 0 aromatic rings. The van der Waals surface area contributed by atoms with Crippen molar-refractivity contribution in [3.63, 3.8) is 0 Å². The summed E-state index contributed by atoms with van der Waals surface area (Å²) in [7, 11) is 1.71. The Balaban J connectivity index is 2.35. The maximum absolute atomic E-state index is 11.3. The number of piperidine rings is 1. The molecule has 1 saturated heterocycles. The summed E-state index contributed by atoms with van der Waals surface area (Å²) in [5, 5.41) is 6.07. The Bertz CT molecular complexity index is 202. The van der Waals surface area contributed by atoms with Crippen molar-refractivity contribution < 1.29 is 4.79 Å². The molecule has 1 fully saturated rings. The molecule has 0 aliphatic carbocycles. The van der Waals surface area contributed by atoms with Gasteiger partial charge in [0.15, 0.2) is 0 Å². The van der Waals surface area contributed by atoms with E-state index >= 15 is 0 Å². The Morgan fingerprint density at radius 1 is 1.38 bits per heavy atom. The number of carbonyl (C=O) groups is 1. The molecule has 1 aliphatic rings. The van der Waals surface area contributed by atoms with E-state index in [1.54, 1.807) is 7.05 Å². The maximum Gasteiger partial charge on any atom is 0.221 e. The van der Waals surface area contributed by atoms with Gasteiger partial charge < -0.3 is 10.6 Å². The Morgan fingerprint density at radius 2 is 2.06 bits per heavy atom. The van der Waals surface area contributed by atoms with Gasteiger partial charge in [-0.15, -0.1) is 0 Å². The summed E-state index contributed by atoms with van der Waals surface area (Å²) in [6, 6.07) is 0.672. The van der Waals surface area contributed by atoms with E-state index in [1.165, 1.54) is 12.8 Å². The number of hydrogen-bond donors (Lipinski definition) is 2. The van der Waals surface area contributed by atoms with Crippen molar-refractivity contribution >= 4 is 5.91 Å². The highest BCUT2D eigenvalue weighted by atomic mass is 16.1. The Kier molecular flexibility index (Phi) is 6.42. The van der Waals surface area contributed by atoms with E-state index in [9.17, 15) is 4.79 Å². The van der Waals surface area contributed by atoms with Crippen molar-refractivity contribution in [1.29, 1.82) is 0 Å². The highest BCUT2D eigenvalue weighted by molar-refractivity contribution is 5.75. The molecule has 16 heavy (non-hydrogen) atoms. The molecule has 0 spiro atoms. The predicted octanol–water partition coefficient (Wildman–Crippen LogP) is 0.587. The lowest BCUT2D eigenvalue weighted by Gasteiger charge is -2.34. The maximum atomic E-state index is 11.3. The molecule has 0 unspecified atom stereocenters. The standard InChI is InChI=1S/C12H25N3O/c1-3-9-15(10-6-12(16)13-2)11-4-7-14-8-5-11/h11,14H,3-10H2,1-2H3,(H,13,16). The fraction of sp³-hybridized carbons (Fsp3) is 0.917. The molecule has 0 radical (unpaired) electrons. The predicted molar refractivity (Wildman–Crippen MR) is 66.4 cm³/mol. The van der Waals surface area contributed by atoms with Crippen molar-refractivity contribution in [3.8, 4) is 0 Å². The number of nitrogens with one attached hydrogen (secondary N) is 2. The van der Waals surface area contributed by atoms with Gasteiger partial charge in [0.2, 0.25) is 5.91 Å². The normalized spacial score (nSPS) is 17.7. The number of hydrogen-bond acceptors (Lipinski definition) is 3. The number of rotatable bonds is 6. The second-order valence-electron chi connectivity index (χ2n) is 4.44. The Labute approximate surface area is 98.8 Å². The van der Waals surface area contributed by atoms with Crippen LogP contribution in [0.25, 0.3) is 0 Å². The van der Waals surface area contributed by atoms with Crippen LogP contribution in [0.3, 0.4) is 0 Å².